The van der Waals surface area contributed by atoms with Crippen LogP contribution in [-0.2, 0) is 10.2 Å². The Hall–Kier alpha value is -1.82. The number of carbonyl (C=O) groups is 1. The van der Waals surface area contributed by atoms with Gasteiger partial charge in [-0.15, -0.1) is 0 Å². The van der Waals surface area contributed by atoms with Crippen LogP contribution >= 0.6 is 0 Å². The summed E-state index contributed by atoms with van der Waals surface area (Å²) in [5.74, 6) is -0.132. The molecule has 28 heavy (non-hydrogen) atoms. The van der Waals surface area contributed by atoms with Crippen LogP contribution in [-0.4, -0.2) is 60.3 Å². The van der Waals surface area contributed by atoms with E-state index in [1.54, 1.807) is 12.1 Å². The maximum Gasteiger partial charge on any atom is 0.410 e. The minimum absolute atomic E-state index is 0.0819. The molecule has 2 unspecified atom stereocenters. The summed E-state index contributed by atoms with van der Waals surface area (Å²) in [6.07, 6.45) is 6.36. The first-order valence-corrected chi connectivity index (χ1v) is 10.8. The first-order chi connectivity index (χ1) is 13.6. The van der Waals surface area contributed by atoms with Crippen LogP contribution in [0.25, 0.3) is 0 Å². The number of benzene rings is 1. The predicted molar refractivity (Wildman–Crippen MR) is 106 cm³/mol. The summed E-state index contributed by atoms with van der Waals surface area (Å²) in [6.45, 7) is 5.36. The Kier molecular flexibility index (Phi) is 4.49. The lowest BCUT2D eigenvalue weighted by molar-refractivity contribution is 0.0285. The van der Waals surface area contributed by atoms with Gasteiger partial charge in [0, 0.05) is 35.8 Å². The van der Waals surface area contributed by atoms with E-state index >= 15 is 0 Å². The average Bonchev–Trinajstić information content (AvgIpc) is 3.17. The highest BCUT2D eigenvalue weighted by Crippen LogP contribution is 2.46. The summed E-state index contributed by atoms with van der Waals surface area (Å²) >= 11 is 0. The van der Waals surface area contributed by atoms with Crippen molar-refractivity contribution >= 4 is 11.8 Å². The summed E-state index contributed by atoms with van der Waals surface area (Å²) < 4.78 is 19.1. The number of likely N-dealkylation sites (tertiary alicyclic amines) is 1. The van der Waals surface area contributed by atoms with E-state index in [0.717, 1.165) is 63.8 Å². The van der Waals surface area contributed by atoms with Crippen LogP contribution in [0, 0.1) is 5.82 Å². The molecular weight excluding hydrogens is 357 g/mol. The largest absolute Gasteiger partial charge is 0.450 e. The number of amides is 1. The highest BCUT2D eigenvalue weighted by molar-refractivity contribution is 5.69. The van der Waals surface area contributed by atoms with Crippen molar-refractivity contribution in [1.29, 1.82) is 0 Å². The Morgan fingerprint density at radius 2 is 1.93 bits per heavy atom. The lowest BCUT2D eigenvalue weighted by Gasteiger charge is -2.47. The van der Waals surface area contributed by atoms with Crippen LogP contribution in [0.1, 0.15) is 51.0 Å². The molecule has 0 saturated carbocycles. The SMILES string of the molecule is CCOC(=O)N1C2CCC1CC(N1CCC3(CC1)CNc1ccc(F)cc13)C2. The molecule has 1 aromatic carbocycles. The summed E-state index contributed by atoms with van der Waals surface area (Å²) in [5, 5.41) is 3.49. The van der Waals surface area contributed by atoms with Gasteiger partial charge in [-0.25, -0.2) is 9.18 Å². The first kappa shape index (κ1) is 18.2. The third-order valence-corrected chi connectivity index (χ3v) is 7.63. The number of halogens is 1. The van der Waals surface area contributed by atoms with E-state index in [-0.39, 0.29) is 17.3 Å². The molecule has 0 aliphatic carbocycles. The number of anilines is 1. The zero-order valence-corrected chi connectivity index (χ0v) is 16.6. The Morgan fingerprint density at radius 1 is 1.21 bits per heavy atom. The van der Waals surface area contributed by atoms with E-state index in [0.29, 0.717) is 24.7 Å². The Balaban J connectivity index is 1.25. The summed E-state index contributed by atoms with van der Waals surface area (Å²) in [5.41, 5.74) is 2.36. The van der Waals surface area contributed by atoms with E-state index in [9.17, 15) is 9.18 Å². The number of carbonyl (C=O) groups excluding carboxylic acids is 1. The van der Waals surface area contributed by atoms with Gasteiger partial charge < -0.3 is 19.9 Å². The molecule has 4 aliphatic heterocycles. The molecule has 1 aromatic rings. The molecule has 1 spiro atoms. The van der Waals surface area contributed by atoms with E-state index in [1.165, 1.54) is 5.56 Å². The van der Waals surface area contributed by atoms with Gasteiger partial charge in [-0.1, -0.05) is 0 Å². The molecule has 0 aromatic heterocycles. The molecule has 152 valence electrons. The smallest absolute Gasteiger partial charge is 0.410 e. The second-order valence-electron chi connectivity index (χ2n) is 8.98. The molecule has 6 heteroatoms. The molecule has 3 fully saturated rings. The van der Waals surface area contributed by atoms with Crippen LogP contribution in [0.4, 0.5) is 14.9 Å². The highest BCUT2D eigenvalue weighted by atomic mass is 19.1. The predicted octanol–water partition coefficient (Wildman–Crippen LogP) is 3.74. The van der Waals surface area contributed by atoms with E-state index in [2.05, 4.69) is 10.2 Å². The van der Waals surface area contributed by atoms with E-state index < -0.39 is 0 Å². The maximum absolute atomic E-state index is 13.8. The van der Waals surface area contributed by atoms with Crippen molar-refractivity contribution in [1.82, 2.24) is 9.80 Å². The minimum Gasteiger partial charge on any atom is -0.450 e. The molecule has 4 aliphatic rings. The standard InChI is InChI=1S/C22H30FN3O2/c1-2-28-21(27)26-16-4-5-17(26)13-18(12-16)25-9-7-22(8-10-25)14-24-20-6-3-15(23)11-19(20)22/h3,6,11,16-18,24H,2,4-5,7-10,12-14H2,1H3. The topological polar surface area (TPSA) is 44.8 Å². The lowest BCUT2D eigenvalue weighted by Crippen LogP contribution is -2.55. The molecule has 4 heterocycles. The molecular formula is C22H30FN3O2. The van der Waals surface area contributed by atoms with Gasteiger partial charge in [-0.2, -0.15) is 0 Å². The van der Waals surface area contributed by atoms with Crippen LogP contribution in [0.2, 0.25) is 0 Å². The van der Waals surface area contributed by atoms with E-state index in [4.69, 9.17) is 4.74 Å². The molecule has 2 bridgehead atoms. The number of nitrogens with zero attached hydrogens (tertiary/aromatic N) is 2. The van der Waals surface area contributed by atoms with Crippen molar-refractivity contribution in [3.63, 3.8) is 0 Å². The average molecular weight is 387 g/mol. The van der Waals surface area contributed by atoms with Gasteiger partial charge in [-0.05, 0) is 82.3 Å². The van der Waals surface area contributed by atoms with Crippen molar-refractivity contribution in [2.45, 2.75) is 69.0 Å². The molecule has 1 N–H and O–H groups in total. The van der Waals surface area contributed by atoms with Crippen molar-refractivity contribution < 1.29 is 13.9 Å². The Labute approximate surface area is 166 Å². The van der Waals surface area contributed by atoms with Crippen LogP contribution in [0.3, 0.4) is 0 Å². The van der Waals surface area contributed by atoms with Crippen LogP contribution in [0.5, 0.6) is 0 Å². The van der Waals surface area contributed by atoms with Crippen molar-refractivity contribution in [3.8, 4) is 0 Å². The number of hydrogen-bond acceptors (Lipinski definition) is 4. The van der Waals surface area contributed by atoms with Gasteiger partial charge in [-0.3, -0.25) is 0 Å². The summed E-state index contributed by atoms with van der Waals surface area (Å²) in [6, 6.07) is 6.40. The fourth-order valence-corrected chi connectivity index (χ4v) is 6.17. The van der Waals surface area contributed by atoms with Crippen molar-refractivity contribution in [2.75, 3.05) is 31.6 Å². The van der Waals surface area contributed by atoms with Gasteiger partial charge in [0.2, 0.25) is 0 Å². The highest BCUT2D eigenvalue weighted by Gasteiger charge is 2.48. The second-order valence-corrected chi connectivity index (χ2v) is 8.98. The second kappa shape index (κ2) is 6.90. The van der Waals surface area contributed by atoms with E-state index in [1.807, 2.05) is 17.9 Å². The van der Waals surface area contributed by atoms with Crippen LogP contribution in [0.15, 0.2) is 18.2 Å². The van der Waals surface area contributed by atoms with Crippen LogP contribution < -0.4 is 5.32 Å². The lowest BCUT2D eigenvalue weighted by atomic mass is 9.73. The number of nitrogens with one attached hydrogen (secondary N) is 1. The molecule has 5 nitrogen and oxygen atoms in total. The third kappa shape index (κ3) is 2.88. The zero-order valence-electron chi connectivity index (χ0n) is 16.6. The van der Waals surface area contributed by atoms with Gasteiger partial charge in [0.25, 0.3) is 0 Å². The molecule has 0 radical (unpaired) electrons. The number of ether oxygens (including phenoxy) is 1. The zero-order chi connectivity index (χ0) is 19.3. The fraction of sp³-hybridized carbons (Fsp3) is 0.682. The van der Waals surface area contributed by atoms with Gasteiger partial charge in [0.1, 0.15) is 5.82 Å². The fourth-order valence-electron chi connectivity index (χ4n) is 6.17. The Bertz CT molecular complexity index is 748. The number of fused-ring (bicyclic) bond motifs is 4. The molecule has 1 amide bonds. The van der Waals surface area contributed by atoms with Crippen molar-refractivity contribution in [3.05, 3.63) is 29.6 Å². The molecule has 2 atom stereocenters. The number of piperidine rings is 2. The third-order valence-electron chi connectivity index (χ3n) is 7.63. The monoisotopic (exact) mass is 387 g/mol. The molecule has 3 saturated heterocycles. The summed E-state index contributed by atoms with van der Waals surface area (Å²) in [4.78, 5) is 17.0. The van der Waals surface area contributed by atoms with Gasteiger partial charge in [0.05, 0.1) is 6.61 Å². The Morgan fingerprint density at radius 3 is 2.61 bits per heavy atom. The normalized spacial score (nSPS) is 30.9. The first-order valence-electron chi connectivity index (χ1n) is 10.8. The summed E-state index contributed by atoms with van der Waals surface area (Å²) in [7, 11) is 0. The molecule has 5 rings (SSSR count). The maximum atomic E-state index is 13.8. The van der Waals surface area contributed by atoms with Gasteiger partial charge >= 0.3 is 6.09 Å². The quantitative estimate of drug-likeness (QED) is 0.840. The van der Waals surface area contributed by atoms with Gasteiger partial charge in [0.15, 0.2) is 0 Å². The van der Waals surface area contributed by atoms with Crippen molar-refractivity contribution in [2.24, 2.45) is 0 Å². The number of rotatable bonds is 2. The number of hydrogen-bond donors (Lipinski definition) is 1. The minimum atomic E-state index is -0.132.